The fourth-order valence-corrected chi connectivity index (χ4v) is 1.49. The average Bonchev–Trinajstić information content (AvgIpc) is 2.85. The molecule has 0 bridgehead atoms. The van der Waals surface area contributed by atoms with Crippen LogP contribution in [0.5, 0.6) is 5.75 Å². The smallest absolute Gasteiger partial charge is 0.226 e. The van der Waals surface area contributed by atoms with Crippen LogP contribution in [0, 0.1) is 17.1 Å². The first-order valence-corrected chi connectivity index (χ1v) is 5.87. The number of ether oxygens (including phenoxy) is 1. The van der Waals surface area contributed by atoms with Crippen molar-refractivity contribution in [3.05, 3.63) is 41.3 Å². The molecule has 0 amide bonds. The topological polar surface area (TPSA) is 71.9 Å². The Morgan fingerprint density at radius 1 is 1.47 bits per heavy atom. The summed E-state index contributed by atoms with van der Waals surface area (Å²) in [6.07, 6.45) is 1.62. The Labute approximate surface area is 109 Å². The van der Waals surface area contributed by atoms with Crippen LogP contribution in [-0.2, 0) is 13.0 Å². The molecule has 0 spiro atoms. The molecular weight excluding hydrogens is 249 g/mol. The summed E-state index contributed by atoms with van der Waals surface area (Å²) in [7, 11) is 0. The molecular formula is C13H12FN3O2. The second kappa shape index (κ2) is 5.96. The molecule has 1 heterocycles. The molecule has 98 valence electrons. The molecule has 1 aromatic heterocycles. The van der Waals surface area contributed by atoms with E-state index in [4.69, 9.17) is 14.5 Å². The van der Waals surface area contributed by atoms with Gasteiger partial charge in [-0.05, 0) is 24.6 Å². The third kappa shape index (κ3) is 3.28. The van der Waals surface area contributed by atoms with Gasteiger partial charge in [-0.1, -0.05) is 12.1 Å². The minimum absolute atomic E-state index is 0.0238. The van der Waals surface area contributed by atoms with Gasteiger partial charge in [-0.25, -0.2) is 4.39 Å². The number of aromatic nitrogens is 2. The molecule has 1 aromatic carbocycles. The van der Waals surface area contributed by atoms with Crippen LogP contribution in [0.1, 0.15) is 30.6 Å². The van der Waals surface area contributed by atoms with Gasteiger partial charge < -0.3 is 9.26 Å². The van der Waals surface area contributed by atoms with Gasteiger partial charge in [0.05, 0.1) is 11.6 Å². The van der Waals surface area contributed by atoms with Crippen molar-refractivity contribution in [3.8, 4) is 11.8 Å². The van der Waals surface area contributed by atoms with Crippen LogP contribution < -0.4 is 4.74 Å². The second-order valence-electron chi connectivity index (χ2n) is 3.90. The van der Waals surface area contributed by atoms with E-state index in [9.17, 15) is 4.39 Å². The molecule has 2 rings (SSSR count). The summed E-state index contributed by atoms with van der Waals surface area (Å²) >= 11 is 0. The van der Waals surface area contributed by atoms with E-state index in [1.54, 1.807) is 0 Å². The van der Waals surface area contributed by atoms with Gasteiger partial charge in [-0.15, -0.1) is 0 Å². The third-order valence-electron chi connectivity index (χ3n) is 2.39. The van der Waals surface area contributed by atoms with Crippen molar-refractivity contribution >= 4 is 0 Å². The summed E-state index contributed by atoms with van der Waals surface area (Å²) in [4.78, 5) is 4.10. The maximum absolute atomic E-state index is 13.5. The summed E-state index contributed by atoms with van der Waals surface area (Å²) < 4.78 is 23.8. The highest BCUT2D eigenvalue weighted by molar-refractivity contribution is 5.35. The van der Waals surface area contributed by atoms with E-state index in [0.29, 0.717) is 18.1 Å². The van der Waals surface area contributed by atoms with E-state index in [1.165, 1.54) is 12.1 Å². The van der Waals surface area contributed by atoms with E-state index in [2.05, 4.69) is 10.1 Å². The summed E-state index contributed by atoms with van der Waals surface area (Å²) in [5.74, 6) is 0.380. The van der Waals surface area contributed by atoms with Gasteiger partial charge in [0.1, 0.15) is 0 Å². The molecule has 0 saturated heterocycles. The Kier molecular flexibility index (Phi) is 4.08. The Bertz CT molecular complexity index is 604. The monoisotopic (exact) mass is 261 g/mol. The number of aryl methyl sites for hydroxylation is 1. The third-order valence-corrected chi connectivity index (χ3v) is 2.39. The lowest BCUT2D eigenvalue weighted by molar-refractivity contribution is 0.272. The van der Waals surface area contributed by atoms with Gasteiger partial charge in [0.25, 0.3) is 0 Å². The normalized spacial score (nSPS) is 10.2. The number of hydrogen-bond acceptors (Lipinski definition) is 5. The van der Waals surface area contributed by atoms with E-state index >= 15 is 0 Å². The highest BCUT2D eigenvalue weighted by Crippen LogP contribution is 2.18. The van der Waals surface area contributed by atoms with Crippen LogP contribution in [0.25, 0.3) is 0 Å². The second-order valence-corrected chi connectivity index (χ2v) is 3.90. The van der Waals surface area contributed by atoms with Crippen molar-refractivity contribution in [1.82, 2.24) is 10.1 Å². The highest BCUT2D eigenvalue weighted by atomic mass is 19.1. The number of nitrogens with zero attached hydrogens (tertiary/aromatic N) is 3. The Hall–Kier alpha value is -2.42. The van der Waals surface area contributed by atoms with Crippen LogP contribution in [-0.4, -0.2) is 10.1 Å². The Balaban J connectivity index is 2.00. The van der Waals surface area contributed by atoms with Gasteiger partial charge in [-0.2, -0.15) is 10.2 Å². The Morgan fingerprint density at radius 2 is 2.32 bits per heavy atom. The molecule has 0 atom stereocenters. The molecule has 0 fully saturated rings. The zero-order chi connectivity index (χ0) is 13.7. The molecule has 0 aliphatic rings. The lowest BCUT2D eigenvalue weighted by Gasteiger charge is -2.04. The number of rotatable bonds is 5. The van der Waals surface area contributed by atoms with Gasteiger partial charge >= 0.3 is 0 Å². The molecule has 0 aliphatic carbocycles. The molecule has 0 saturated carbocycles. The minimum atomic E-state index is -0.587. The minimum Gasteiger partial charge on any atom is -0.482 e. The predicted octanol–water partition coefficient (Wildman–Crippen LogP) is 2.61. The average molecular weight is 261 g/mol. The number of benzene rings is 1. The summed E-state index contributed by atoms with van der Waals surface area (Å²) in [6.45, 7) is 2.03. The number of hydrogen-bond donors (Lipinski definition) is 0. The molecule has 0 N–H and O–H groups in total. The first-order valence-electron chi connectivity index (χ1n) is 5.87. The van der Waals surface area contributed by atoms with Crippen molar-refractivity contribution < 1.29 is 13.7 Å². The summed E-state index contributed by atoms with van der Waals surface area (Å²) in [6, 6.07) is 5.86. The van der Waals surface area contributed by atoms with Crippen LogP contribution in [0.4, 0.5) is 4.39 Å². The molecule has 0 radical (unpaired) electrons. The largest absolute Gasteiger partial charge is 0.482 e. The fraction of sp³-hybridized carbons (Fsp3) is 0.308. The van der Waals surface area contributed by atoms with Crippen molar-refractivity contribution in [2.24, 2.45) is 0 Å². The lowest BCUT2D eigenvalue weighted by Crippen LogP contribution is -1.99. The molecule has 0 unspecified atom stereocenters. The van der Waals surface area contributed by atoms with Crippen molar-refractivity contribution in [2.75, 3.05) is 0 Å². The molecule has 2 aromatic rings. The number of nitriles is 1. The van der Waals surface area contributed by atoms with E-state index < -0.39 is 5.82 Å². The predicted molar refractivity (Wildman–Crippen MR) is 63.7 cm³/mol. The van der Waals surface area contributed by atoms with Gasteiger partial charge in [0.2, 0.25) is 11.7 Å². The SMILES string of the molecule is CCCc1nc(COc2ccc(C#N)cc2F)no1. The maximum Gasteiger partial charge on any atom is 0.226 e. The number of halogens is 1. The van der Waals surface area contributed by atoms with Gasteiger partial charge in [-0.3, -0.25) is 0 Å². The lowest BCUT2D eigenvalue weighted by atomic mass is 10.2. The van der Waals surface area contributed by atoms with Crippen LogP contribution in [0.15, 0.2) is 22.7 Å². The van der Waals surface area contributed by atoms with E-state index in [1.807, 2.05) is 13.0 Å². The van der Waals surface area contributed by atoms with Crippen LogP contribution >= 0.6 is 0 Å². The standard InChI is InChI=1S/C13H12FN3O2/c1-2-3-13-16-12(17-19-13)8-18-11-5-4-9(7-15)6-10(11)14/h4-6H,2-3,8H2,1H3. The van der Waals surface area contributed by atoms with Crippen LogP contribution in [0.2, 0.25) is 0 Å². The summed E-state index contributed by atoms with van der Waals surface area (Å²) in [5.41, 5.74) is 0.245. The zero-order valence-corrected chi connectivity index (χ0v) is 10.4. The molecule has 19 heavy (non-hydrogen) atoms. The molecule has 6 heteroatoms. The fourth-order valence-electron chi connectivity index (χ4n) is 1.49. The zero-order valence-electron chi connectivity index (χ0n) is 10.4. The first kappa shape index (κ1) is 13.0. The quantitative estimate of drug-likeness (QED) is 0.827. The summed E-state index contributed by atoms with van der Waals surface area (Å²) in [5, 5.41) is 12.4. The highest BCUT2D eigenvalue weighted by Gasteiger charge is 2.09. The van der Waals surface area contributed by atoms with Gasteiger partial charge in [0.15, 0.2) is 18.2 Å². The van der Waals surface area contributed by atoms with Crippen molar-refractivity contribution in [2.45, 2.75) is 26.4 Å². The Morgan fingerprint density at radius 3 is 3.00 bits per heavy atom. The van der Waals surface area contributed by atoms with Crippen molar-refractivity contribution in [3.63, 3.8) is 0 Å². The van der Waals surface area contributed by atoms with E-state index in [0.717, 1.165) is 12.5 Å². The maximum atomic E-state index is 13.5. The molecule has 5 nitrogen and oxygen atoms in total. The van der Waals surface area contributed by atoms with E-state index in [-0.39, 0.29) is 17.9 Å². The molecule has 0 aliphatic heterocycles. The van der Waals surface area contributed by atoms with Gasteiger partial charge in [0, 0.05) is 6.42 Å². The first-order chi connectivity index (χ1) is 9.22. The van der Waals surface area contributed by atoms with Crippen molar-refractivity contribution in [1.29, 1.82) is 5.26 Å². The van der Waals surface area contributed by atoms with Crippen LogP contribution in [0.3, 0.4) is 0 Å².